The third kappa shape index (κ3) is 4.81. The van der Waals surface area contributed by atoms with E-state index in [2.05, 4.69) is 25.9 Å². The number of hydrogen-bond donors (Lipinski definition) is 0. The molecule has 0 atom stereocenters. The van der Waals surface area contributed by atoms with Gasteiger partial charge in [-0.25, -0.2) is 14.2 Å². The van der Waals surface area contributed by atoms with Crippen LogP contribution >= 0.6 is 15.9 Å². The summed E-state index contributed by atoms with van der Waals surface area (Å²) in [6.45, 7) is 5.33. The highest BCUT2D eigenvalue weighted by Gasteiger charge is 2.28. The van der Waals surface area contributed by atoms with Gasteiger partial charge in [0.05, 0.1) is 5.39 Å². The predicted octanol–water partition coefficient (Wildman–Crippen LogP) is 4.74. The Balaban J connectivity index is 1.71. The van der Waals surface area contributed by atoms with Gasteiger partial charge in [-0.2, -0.15) is 4.98 Å². The molecular weight excluding hydrogens is 407 g/mol. The highest BCUT2D eigenvalue weighted by atomic mass is 79.9. The van der Waals surface area contributed by atoms with E-state index in [0.29, 0.717) is 15.7 Å². The highest BCUT2D eigenvalue weighted by Crippen LogP contribution is 2.40. The average Bonchev–Trinajstić information content (AvgIpc) is 3.34. The molecule has 0 bridgehead atoms. The summed E-state index contributed by atoms with van der Waals surface area (Å²) in [5.74, 6) is 0.683. The van der Waals surface area contributed by atoms with Crippen LogP contribution in [0.2, 0.25) is 0 Å². The Morgan fingerprint density at radius 2 is 2.00 bits per heavy atom. The maximum absolute atomic E-state index is 14.3. The molecule has 0 spiro atoms. The maximum Gasteiger partial charge on any atom is 0.508 e. The summed E-state index contributed by atoms with van der Waals surface area (Å²) in [5, 5.41) is 0.471. The number of nitrogens with zero attached hydrogens (tertiary/aromatic N) is 2. The van der Waals surface area contributed by atoms with E-state index in [1.54, 1.807) is 26.8 Å². The van der Waals surface area contributed by atoms with Crippen LogP contribution in [0, 0.1) is 5.82 Å². The van der Waals surface area contributed by atoms with Crippen LogP contribution in [-0.4, -0.2) is 34.9 Å². The molecule has 2 aromatic rings. The van der Waals surface area contributed by atoms with E-state index in [1.807, 2.05) is 0 Å². The monoisotopic (exact) mass is 426 g/mol. The van der Waals surface area contributed by atoms with E-state index < -0.39 is 17.6 Å². The molecule has 1 aromatic heterocycles. The van der Waals surface area contributed by atoms with E-state index in [0.717, 1.165) is 12.8 Å². The molecule has 0 amide bonds. The fourth-order valence-electron chi connectivity index (χ4n) is 2.32. The molecule has 1 saturated carbocycles. The van der Waals surface area contributed by atoms with Crippen molar-refractivity contribution in [3.05, 3.63) is 28.2 Å². The topological polar surface area (TPSA) is 70.5 Å². The molecule has 0 N–H and O–H groups in total. The lowest BCUT2D eigenvalue weighted by Crippen LogP contribution is -2.25. The molecule has 1 heterocycles. The van der Waals surface area contributed by atoms with Crippen LogP contribution in [0.4, 0.5) is 9.18 Å². The third-order valence-corrected chi connectivity index (χ3v) is 4.03. The van der Waals surface area contributed by atoms with Crippen LogP contribution in [0.3, 0.4) is 0 Å². The van der Waals surface area contributed by atoms with Crippen molar-refractivity contribution in [3.63, 3.8) is 0 Å². The zero-order valence-corrected chi connectivity index (χ0v) is 16.4. The zero-order valence-electron chi connectivity index (χ0n) is 14.8. The van der Waals surface area contributed by atoms with Crippen molar-refractivity contribution in [2.24, 2.45) is 0 Å². The second kappa shape index (κ2) is 7.34. The van der Waals surface area contributed by atoms with Gasteiger partial charge < -0.3 is 14.2 Å². The Morgan fingerprint density at radius 1 is 1.27 bits per heavy atom. The minimum atomic E-state index is -0.763. The smallest absolute Gasteiger partial charge is 0.474 e. The number of carbonyl (C=O) groups excluding carboxylic acids is 1. The van der Waals surface area contributed by atoms with Crippen molar-refractivity contribution in [2.75, 3.05) is 13.2 Å². The molecule has 6 nitrogen and oxygen atoms in total. The molecule has 140 valence electrons. The first-order valence-electron chi connectivity index (χ1n) is 8.38. The Kier molecular flexibility index (Phi) is 5.32. The van der Waals surface area contributed by atoms with Gasteiger partial charge in [0.1, 0.15) is 30.2 Å². The number of rotatable bonds is 5. The maximum atomic E-state index is 14.3. The quantitative estimate of drug-likeness (QED) is 0.507. The van der Waals surface area contributed by atoms with Gasteiger partial charge in [-0.05, 0) is 45.7 Å². The number of halogens is 2. The van der Waals surface area contributed by atoms with Crippen molar-refractivity contribution in [1.29, 1.82) is 0 Å². The summed E-state index contributed by atoms with van der Waals surface area (Å²) in [5.41, 5.74) is -0.391. The normalized spacial score (nSPS) is 14.3. The van der Waals surface area contributed by atoms with Crippen molar-refractivity contribution >= 4 is 33.0 Å². The number of benzene rings is 1. The molecule has 1 aliphatic carbocycles. The average molecular weight is 427 g/mol. The predicted molar refractivity (Wildman–Crippen MR) is 96.9 cm³/mol. The first-order valence-corrected chi connectivity index (χ1v) is 9.17. The molecular formula is C18H20BrFN2O4. The van der Waals surface area contributed by atoms with Crippen LogP contribution in [0.5, 0.6) is 5.88 Å². The second-order valence-electron chi connectivity index (χ2n) is 7.11. The lowest BCUT2D eigenvalue weighted by molar-refractivity contribution is -0.0115. The van der Waals surface area contributed by atoms with Gasteiger partial charge in [-0.1, -0.05) is 15.9 Å². The summed E-state index contributed by atoms with van der Waals surface area (Å²) in [6.07, 6.45) is 1.22. The van der Waals surface area contributed by atoms with Crippen LogP contribution < -0.4 is 4.74 Å². The molecule has 8 heteroatoms. The fraction of sp³-hybridized carbons (Fsp3) is 0.500. The first kappa shape index (κ1) is 18.8. The highest BCUT2D eigenvalue weighted by molar-refractivity contribution is 9.10. The Morgan fingerprint density at radius 3 is 2.65 bits per heavy atom. The molecule has 0 aliphatic heterocycles. The standard InChI is InChI=1S/C18H20BrFN2O4/c1-18(2,3)26-17(23)25-7-6-24-16-12-8-11(19)9-13(20)14(12)21-15(22-16)10-4-5-10/h8-10H,4-7H2,1-3H3. The van der Waals surface area contributed by atoms with Crippen molar-refractivity contribution < 1.29 is 23.4 Å². The zero-order chi connectivity index (χ0) is 18.9. The van der Waals surface area contributed by atoms with Crippen LogP contribution in [0.25, 0.3) is 10.9 Å². The van der Waals surface area contributed by atoms with Crippen LogP contribution in [0.15, 0.2) is 16.6 Å². The van der Waals surface area contributed by atoms with E-state index in [9.17, 15) is 9.18 Å². The van der Waals surface area contributed by atoms with Gasteiger partial charge >= 0.3 is 6.16 Å². The number of aromatic nitrogens is 2. The van der Waals surface area contributed by atoms with Gasteiger partial charge in [0.15, 0.2) is 5.82 Å². The van der Waals surface area contributed by atoms with Crippen molar-refractivity contribution in [1.82, 2.24) is 9.97 Å². The number of ether oxygens (including phenoxy) is 3. The van der Waals surface area contributed by atoms with Gasteiger partial charge in [0.2, 0.25) is 5.88 Å². The van der Waals surface area contributed by atoms with E-state index in [4.69, 9.17) is 14.2 Å². The summed E-state index contributed by atoms with van der Waals surface area (Å²) in [6, 6.07) is 3.07. The Hall–Kier alpha value is -1.96. The van der Waals surface area contributed by atoms with E-state index in [-0.39, 0.29) is 30.5 Å². The summed E-state index contributed by atoms with van der Waals surface area (Å²) >= 11 is 3.27. The summed E-state index contributed by atoms with van der Waals surface area (Å²) in [7, 11) is 0. The molecule has 3 rings (SSSR count). The molecule has 26 heavy (non-hydrogen) atoms. The largest absolute Gasteiger partial charge is 0.508 e. The lowest BCUT2D eigenvalue weighted by Gasteiger charge is -2.18. The summed E-state index contributed by atoms with van der Waals surface area (Å²) < 4.78 is 30.5. The molecule has 0 radical (unpaired) electrons. The van der Waals surface area contributed by atoms with Gasteiger partial charge in [-0.15, -0.1) is 0 Å². The third-order valence-electron chi connectivity index (χ3n) is 3.58. The minimum absolute atomic E-state index is 0.00431. The van der Waals surface area contributed by atoms with Gasteiger partial charge in [0, 0.05) is 10.4 Å². The molecule has 1 aliphatic rings. The van der Waals surface area contributed by atoms with Crippen LogP contribution in [0.1, 0.15) is 45.4 Å². The minimum Gasteiger partial charge on any atom is -0.474 e. The van der Waals surface area contributed by atoms with Crippen molar-refractivity contribution in [3.8, 4) is 5.88 Å². The van der Waals surface area contributed by atoms with Gasteiger partial charge in [0.25, 0.3) is 0 Å². The summed E-state index contributed by atoms with van der Waals surface area (Å²) in [4.78, 5) is 20.3. The lowest BCUT2D eigenvalue weighted by atomic mass is 10.2. The molecule has 1 fully saturated rings. The van der Waals surface area contributed by atoms with E-state index >= 15 is 0 Å². The van der Waals surface area contributed by atoms with Gasteiger partial charge in [-0.3, -0.25) is 0 Å². The number of carbonyl (C=O) groups is 1. The fourth-order valence-corrected chi connectivity index (χ4v) is 2.75. The SMILES string of the molecule is CC(C)(C)OC(=O)OCCOc1nc(C2CC2)nc2c(F)cc(Br)cc12. The second-order valence-corrected chi connectivity index (χ2v) is 8.02. The Labute approximate surface area is 159 Å². The number of fused-ring (bicyclic) bond motifs is 1. The molecule has 1 aromatic carbocycles. The Bertz CT molecular complexity index is 834. The number of hydrogen-bond acceptors (Lipinski definition) is 6. The molecule has 0 saturated heterocycles. The van der Waals surface area contributed by atoms with Crippen LogP contribution in [-0.2, 0) is 9.47 Å². The molecule has 0 unspecified atom stereocenters. The van der Waals surface area contributed by atoms with Crippen molar-refractivity contribution in [2.45, 2.75) is 45.1 Å². The van der Waals surface area contributed by atoms with E-state index in [1.165, 1.54) is 6.07 Å². The first-order chi connectivity index (χ1) is 12.2.